The van der Waals surface area contributed by atoms with Gasteiger partial charge in [-0.25, -0.2) is 0 Å². The largest absolute Gasteiger partial charge is 0.344 e. The third-order valence-electron chi connectivity index (χ3n) is 0.694. The van der Waals surface area contributed by atoms with Gasteiger partial charge in [-0.1, -0.05) is 6.08 Å². The van der Waals surface area contributed by atoms with Crippen LogP contribution in [0.4, 0.5) is 0 Å². The van der Waals surface area contributed by atoms with E-state index in [4.69, 9.17) is 4.89 Å². The van der Waals surface area contributed by atoms with Crippen molar-refractivity contribution >= 4 is 7.37 Å². The molecule has 0 aliphatic heterocycles. The molecule has 4 heteroatoms. The lowest BCUT2D eigenvalue weighted by Gasteiger charge is -2.03. The first-order chi connectivity index (χ1) is 4.06. The molecule has 0 amide bonds. The fourth-order valence-electron chi connectivity index (χ4n) is 0.374. The Morgan fingerprint density at radius 1 is 1.89 bits per heavy atom. The molecule has 0 rings (SSSR count). The Balaban J connectivity index is 3.28. The van der Waals surface area contributed by atoms with E-state index in [2.05, 4.69) is 11.9 Å². The molecule has 0 bridgehead atoms. The van der Waals surface area contributed by atoms with E-state index in [1.165, 1.54) is 6.66 Å². The fraction of sp³-hybridized carbons (Fsp3) is 0.600. The van der Waals surface area contributed by atoms with E-state index >= 15 is 0 Å². The van der Waals surface area contributed by atoms with Gasteiger partial charge in [-0.15, -0.1) is 6.58 Å². The standard InChI is InChI=1S/C5H12NO2P/c1-3-4-6-5-9(2,7)8/h3,6H,1,4-5H2,2H3,(H,7,8). The highest BCUT2D eigenvalue weighted by molar-refractivity contribution is 7.57. The summed E-state index contributed by atoms with van der Waals surface area (Å²) in [7, 11) is -2.85. The van der Waals surface area contributed by atoms with Crippen LogP contribution in [0.15, 0.2) is 12.7 Å². The number of hydrogen-bond donors (Lipinski definition) is 2. The van der Waals surface area contributed by atoms with Crippen LogP contribution in [0.5, 0.6) is 0 Å². The van der Waals surface area contributed by atoms with E-state index < -0.39 is 7.37 Å². The highest BCUT2D eigenvalue weighted by Gasteiger charge is 2.06. The summed E-state index contributed by atoms with van der Waals surface area (Å²) in [6.07, 6.45) is 1.81. The summed E-state index contributed by atoms with van der Waals surface area (Å²) in [6, 6.07) is 0. The van der Waals surface area contributed by atoms with Crippen LogP contribution in [-0.2, 0) is 4.57 Å². The van der Waals surface area contributed by atoms with Crippen LogP contribution in [0.25, 0.3) is 0 Å². The van der Waals surface area contributed by atoms with Gasteiger partial charge in [0.25, 0.3) is 0 Å². The molecular formula is C5H12NO2P. The van der Waals surface area contributed by atoms with E-state index in [1.54, 1.807) is 6.08 Å². The lowest BCUT2D eigenvalue weighted by Crippen LogP contribution is -2.14. The first-order valence-corrected chi connectivity index (χ1v) is 4.96. The zero-order valence-electron chi connectivity index (χ0n) is 5.50. The molecule has 0 aromatic heterocycles. The molecule has 0 saturated carbocycles. The zero-order chi connectivity index (χ0) is 7.33. The monoisotopic (exact) mass is 149 g/mol. The van der Waals surface area contributed by atoms with Crippen molar-refractivity contribution in [3.05, 3.63) is 12.7 Å². The van der Waals surface area contributed by atoms with Crippen LogP contribution in [0.3, 0.4) is 0 Å². The van der Waals surface area contributed by atoms with Crippen molar-refractivity contribution in [2.45, 2.75) is 0 Å². The molecule has 1 unspecified atom stereocenters. The molecular weight excluding hydrogens is 137 g/mol. The molecule has 9 heavy (non-hydrogen) atoms. The van der Waals surface area contributed by atoms with Crippen molar-refractivity contribution in [3.63, 3.8) is 0 Å². The first kappa shape index (κ1) is 8.89. The number of rotatable bonds is 4. The lowest BCUT2D eigenvalue weighted by molar-refractivity contribution is 0.480. The van der Waals surface area contributed by atoms with Crippen molar-refractivity contribution in [3.8, 4) is 0 Å². The van der Waals surface area contributed by atoms with Crippen LogP contribution in [0, 0.1) is 0 Å². The highest BCUT2D eigenvalue weighted by Crippen LogP contribution is 2.32. The van der Waals surface area contributed by atoms with Crippen LogP contribution in [-0.4, -0.2) is 24.4 Å². The molecule has 0 heterocycles. The summed E-state index contributed by atoms with van der Waals surface area (Å²) >= 11 is 0. The molecule has 0 radical (unpaired) electrons. The van der Waals surface area contributed by atoms with Gasteiger partial charge in [0.15, 0.2) is 0 Å². The van der Waals surface area contributed by atoms with E-state index in [9.17, 15) is 4.57 Å². The van der Waals surface area contributed by atoms with Crippen LogP contribution in [0.1, 0.15) is 0 Å². The van der Waals surface area contributed by atoms with Crippen molar-refractivity contribution in [1.29, 1.82) is 0 Å². The third-order valence-corrected chi connectivity index (χ3v) is 1.50. The maximum Gasteiger partial charge on any atom is 0.211 e. The molecule has 0 aliphatic rings. The second-order valence-electron chi connectivity index (χ2n) is 1.95. The van der Waals surface area contributed by atoms with Crippen molar-refractivity contribution in [2.24, 2.45) is 0 Å². The SMILES string of the molecule is C=CCNCP(C)(=O)O. The lowest BCUT2D eigenvalue weighted by atomic mass is 10.6. The normalized spacial score (nSPS) is 16.7. The van der Waals surface area contributed by atoms with E-state index in [-0.39, 0.29) is 6.29 Å². The fourth-order valence-corrected chi connectivity index (χ4v) is 0.918. The Labute approximate surface area is 55.2 Å². The molecule has 54 valence electrons. The first-order valence-electron chi connectivity index (χ1n) is 2.67. The average Bonchev–Trinajstić information content (AvgIpc) is 1.63. The quantitative estimate of drug-likeness (QED) is 0.350. The smallest absolute Gasteiger partial charge is 0.211 e. The number of hydrogen-bond acceptors (Lipinski definition) is 2. The second kappa shape index (κ2) is 3.83. The van der Waals surface area contributed by atoms with Gasteiger partial charge in [-0.3, -0.25) is 4.57 Å². The van der Waals surface area contributed by atoms with Crippen molar-refractivity contribution in [2.75, 3.05) is 19.5 Å². The molecule has 0 fully saturated rings. The van der Waals surface area contributed by atoms with Gasteiger partial charge in [0.2, 0.25) is 7.37 Å². The minimum Gasteiger partial charge on any atom is -0.344 e. The highest BCUT2D eigenvalue weighted by atomic mass is 31.2. The average molecular weight is 149 g/mol. The van der Waals surface area contributed by atoms with E-state index in [0.29, 0.717) is 6.54 Å². The van der Waals surface area contributed by atoms with Crippen molar-refractivity contribution < 1.29 is 9.46 Å². The van der Waals surface area contributed by atoms with Crippen LogP contribution in [0.2, 0.25) is 0 Å². The van der Waals surface area contributed by atoms with Gasteiger partial charge < -0.3 is 10.2 Å². The molecule has 0 aliphatic carbocycles. The third kappa shape index (κ3) is 7.89. The van der Waals surface area contributed by atoms with Gasteiger partial charge in [0.05, 0.1) is 6.29 Å². The zero-order valence-corrected chi connectivity index (χ0v) is 6.40. The van der Waals surface area contributed by atoms with E-state index in [0.717, 1.165) is 0 Å². The predicted molar refractivity (Wildman–Crippen MR) is 38.8 cm³/mol. The molecule has 0 saturated heterocycles. The summed E-state index contributed by atoms with van der Waals surface area (Å²) in [5, 5.41) is 2.74. The maximum atomic E-state index is 10.5. The summed E-state index contributed by atoms with van der Waals surface area (Å²) in [5.74, 6) is 0. The molecule has 3 nitrogen and oxygen atoms in total. The van der Waals surface area contributed by atoms with Gasteiger partial charge in [0, 0.05) is 13.2 Å². The summed E-state index contributed by atoms with van der Waals surface area (Å²) in [5.41, 5.74) is 0. The topological polar surface area (TPSA) is 49.3 Å². The Morgan fingerprint density at radius 2 is 2.44 bits per heavy atom. The minimum atomic E-state index is -2.85. The summed E-state index contributed by atoms with van der Waals surface area (Å²) in [4.78, 5) is 8.70. The maximum absolute atomic E-state index is 10.5. The Hall–Kier alpha value is -0.110. The summed E-state index contributed by atoms with van der Waals surface area (Å²) < 4.78 is 10.5. The molecule has 0 aromatic carbocycles. The summed E-state index contributed by atoms with van der Waals surface area (Å²) in [6.45, 7) is 5.35. The predicted octanol–water partition coefficient (Wildman–Crippen LogP) is 0.620. The molecule has 1 atom stereocenters. The Morgan fingerprint density at radius 3 is 2.78 bits per heavy atom. The number of nitrogens with one attached hydrogen (secondary N) is 1. The van der Waals surface area contributed by atoms with Gasteiger partial charge in [-0.05, 0) is 0 Å². The second-order valence-corrected chi connectivity index (χ2v) is 4.37. The van der Waals surface area contributed by atoms with Crippen molar-refractivity contribution in [1.82, 2.24) is 5.32 Å². The Bertz CT molecular complexity index is 129. The van der Waals surface area contributed by atoms with Gasteiger partial charge >= 0.3 is 0 Å². The van der Waals surface area contributed by atoms with Crippen LogP contribution >= 0.6 is 7.37 Å². The van der Waals surface area contributed by atoms with Crippen LogP contribution < -0.4 is 5.32 Å². The molecule has 0 spiro atoms. The molecule has 0 aromatic rings. The van der Waals surface area contributed by atoms with Gasteiger partial charge in [0.1, 0.15) is 0 Å². The molecule has 2 N–H and O–H groups in total. The van der Waals surface area contributed by atoms with Gasteiger partial charge in [-0.2, -0.15) is 0 Å². The Kier molecular flexibility index (Phi) is 3.78. The minimum absolute atomic E-state index is 0.166. The van der Waals surface area contributed by atoms with E-state index in [1.807, 2.05) is 0 Å².